The van der Waals surface area contributed by atoms with Gasteiger partial charge in [0, 0.05) is 0 Å². The molecule has 1 fully saturated rings. The summed E-state index contributed by atoms with van der Waals surface area (Å²) >= 11 is 0. The lowest BCUT2D eigenvalue weighted by molar-refractivity contribution is 0.607. The molecule has 0 bridgehead atoms. The van der Waals surface area contributed by atoms with E-state index in [2.05, 4.69) is 32.9 Å². The molecule has 1 unspecified atom stereocenters. The largest absolute Gasteiger partial charge is 0.0882 e. The summed E-state index contributed by atoms with van der Waals surface area (Å²) in [5, 5.41) is 0. The van der Waals surface area contributed by atoms with Crippen LogP contribution in [0.2, 0.25) is 0 Å². The number of hydrogen-bond acceptors (Lipinski definition) is 0. The van der Waals surface area contributed by atoms with Gasteiger partial charge in [0.25, 0.3) is 0 Å². The van der Waals surface area contributed by atoms with Crippen LogP contribution < -0.4 is 0 Å². The number of hydrogen-bond donors (Lipinski definition) is 0. The van der Waals surface area contributed by atoms with Gasteiger partial charge in [0.1, 0.15) is 0 Å². The molecule has 0 aromatic heterocycles. The summed E-state index contributed by atoms with van der Waals surface area (Å²) in [5.41, 5.74) is 0.624. The van der Waals surface area contributed by atoms with E-state index < -0.39 is 0 Å². The second kappa shape index (κ2) is 5.58. The molecule has 0 heteroatoms. The van der Waals surface area contributed by atoms with Gasteiger partial charge in [0.15, 0.2) is 0 Å². The van der Waals surface area contributed by atoms with Gasteiger partial charge in [0.2, 0.25) is 0 Å². The van der Waals surface area contributed by atoms with Gasteiger partial charge in [-0.25, -0.2) is 0 Å². The predicted octanol–water partition coefficient (Wildman–Crippen LogP) is 4.95. The molecule has 0 spiro atoms. The Morgan fingerprint density at radius 2 is 1.79 bits per heavy atom. The Labute approximate surface area is 89.8 Å². The standard InChI is InChI=1S/C14H26/c1-4-5-6-7-8-9-10-11-13-12-14(13,2)3/h10-11,13H,4-9,12H2,1-3H3. The van der Waals surface area contributed by atoms with Crippen molar-refractivity contribution in [1.29, 1.82) is 0 Å². The van der Waals surface area contributed by atoms with Gasteiger partial charge in [-0.3, -0.25) is 0 Å². The second-order valence-corrected chi connectivity index (χ2v) is 5.43. The molecule has 0 aliphatic heterocycles. The monoisotopic (exact) mass is 194 g/mol. The van der Waals surface area contributed by atoms with Crippen LogP contribution in [-0.4, -0.2) is 0 Å². The van der Waals surface area contributed by atoms with Crippen LogP contribution in [0.1, 0.15) is 65.7 Å². The van der Waals surface area contributed by atoms with E-state index in [0.29, 0.717) is 5.41 Å². The van der Waals surface area contributed by atoms with E-state index in [1.807, 2.05) is 0 Å². The van der Waals surface area contributed by atoms with Gasteiger partial charge in [-0.15, -0.1) is 0 Å². The molecule has 1 saturated carbocycles. The first-order chi connectivity index (χ1) is 6.67. The highest BCUT2D eigenvalue weighted by molar-refractivity contribution is 5.07. The van der Waals surface area contributed by atoms with Gasteiger partial charge >= 0.3 is 0 Å². The Balaban J connectivity index is 1.89. The fourth-order valence-electron chi connectivity index (χ4n) is 1.96. The quantitative estimate of drug-likeness (QED) is 0.397. The molecule has 0 radical (unpaired) electrons. The van der Waals surface area contributed by atoms with Gasteiger partial charge < -0.3 is 0 Å². The smallest absolute Gasteiger partial charge is 0.0177 e. The first-order valence-corrected chi connectivity index (χ1v) is 6.33. The second-order valence-electron chi connectivity index (χ2n) is 5.43. The maximum absolute atomic E-state index is 2.44. The van der Waals surface area contributed by atoms with Crippen LogP contribution in [0.5, 0.6) is 0 Å². The van der Waals surface area contributed by atoms with Gasteiger partial charge in [-0.05, 0) is 30.6 Å². The number of allylic oxidation sites excluding steroid dienone is 2. The van der Waals surface area contributed by atoms with Crippen LogP contribution in [0.25, 0.3) is 0 Å². The molecule has 1 rings (SSSR count). The van der Waals surface area contributed by atoms with E-state index in [9.17, 15) is 0 Å². The molecule has 1 atom stereocenters. The van der Waals surface area contributed by atoms with E-state index >= 15 is 0 Å². The first-order valence-electron chi connectivity index (χ1n) is 6.33. The molecule has 0 nitrogen and oxygen atoms in total. The van der Waals surface area contributed by atoms with Crippen LogP contribution >= 0.6 is 0 Å². The van der Waals surface area contributed by atoms with E-state index in [4.69, 9.17) is 0 Å². The van der Waals surface area contributed by atoms with Crippen molar-refractivity contribution < 1.29 is 0 Å². The van der Waals surface area contributed by atoms with Crippen LogP contribution in [0.3, 0.4) is 0 Å². The average molecular weight is 194 g/mol. The third-order valence-electron chi connectivity index (χ3n) is 3.43. The fraction of sp³-hybridized carbons (Fsp3) is 0.857. The molecule has 0 aromatic carbocycles. The maximum Gasteiger partial charge on any atom is -0.0177 e. The zero-order valence-corrected chi connectivity index (χ0v) is 10.2. The molecule has 1 aliphatic rings. The van der Waals surface area contributed by atoms with E-state index in [1.165, 1.54) is 44.9 Å². The highest BCUT2D eigenvalue weighted by Gasteiger charge is 2.43. The van der Waals surface area contributed by atoms with Crippen molar-refractivity contribution in [3.05, 3.63) is 12.2 Å². The van der Waals surface area contributed by atoms with Crippen molar-refractivity contribution in [2.45, 2.75) is 65.7 Å². The molecular formula is C14H26. The van der Waals surface area contributed by atoms with Gasteiger partial charge in [0.05, 0.1) is 0 Å². The summed E-state index contributed by atoms with van der Waals surface area (Å²) < 4.78 is 0. The molecule has 0 N–H and O–H groups in total. The van der Waals surface area contributed by atoms with E-state index in [0.717, 1.165) is 5.92 Å². The summed E-state index contributed by atoms with van der Waals surface area (Å²) in [6, 6.07) is 0. The highest BCUT2D eigenvalue weighted by Crippen LogP contribution is 2.52. The molecule has 0 heterocycles. The summed E-state index contributed by atoms with van der Waals surface area (Å²) in [7, 11) is 0. The number of unbranched alkanes of at least 4 members (excludes halogenated alkanes) is 5. The molecule has 0 aromatic rings. The highest BCUT2D eigenvalue weighted by atomic mass is 14.5. The van der Waals surface area contributed by atoms with Crippen LogP contribution in [0, 0.1) is 11.3 Å². The lowest BCUT2D eigenvalue weighted by atomic mass is 10.1. The molecule has 14 heavy (non-hydrogen) atoms. The zero-order chi connectivity index (χ0) is 10.4. The minimum Gasteiger partial charge on any atom is -0.0882 e. The lowest BCUT2D eigenvalue weighted by Gasteiger charge is -1.97. The molecule has 0 amide bonds. The Hall–Kier alpha value is -0.260. The van der Waals surface area contributed by atoms with Crippen molar-refractivity contribution in [3.63, 3.8) is 0 Å². The third kappa shape index (κ3) is 4.30. The molecule has 82 valence electrons. The first kappa shape index (κ1) is 11.8. The SMILES string of the molecule is CCCCCCCC=CC1CC1(C)C. The lowest BCUT2D eigenvalue weighted by Crippen LogP contribution is -1.85. The zero-order valence-electron chi connectivity index (χ0n) is 10.2. The topological polar surface area (TPSA) is 0 Å². The normalized spacial score (nSPS) is 24.4. The summed E-state index contributed by atoms with van der Waals surface area (Å²) in [4.78, 5) is 0. The van der Waals surface area contributed by atoms with E-state index in [-0.39, 0.29) is 0 Å². The fourth-order valence-corrected chi connectivity index (χ4v) is 1.96. The van der Waals surface area contributed by atoms with Crippen LogP contribution in [0.4, 0.5) is 0 Å². The molecular weight excluding hydrogens is 168 g/mol. The minimum atomic E-state index is 0.624. The van der Waals surface area contributed by atoms with Gasteiger partial charge in [-0.1, -0.05) is 58.6 Å². The van der Waals surface area contributed by atoms with Crippen molar-refractivity contribution in [2.24, 2.45) is 11.3 Å². The van der Waals surface area contributed by atoms with E-state index in [1.54, 1.807) is 0 Å². The maximum atomic E-state index is 2.44. The van der Waals surface area contributed by atoms with Crippen LogP contribution in [0.15, 0.2) is 12.2 Å². The van der Waals surface area contributed by atoms with Crippen molar-refractivity contribution in [1.82, 2.24) is 0 Å². The van der Waals surface area contributed by atoms with Crippen LogP contribution in [-0.2, 0) is 0 Å². The Morgan fingerprint density at radius 3 is 2.36 bits per heavy atom. The van der Waals surface area contributed by atoms with Crippen molar-refractivity contribution in [2.75, 3.05) is 0 Å². The third-order valence-corrected chi connectivity index (χ3v) is 3.43. The Kier molecular flexibility index (Phi) is 4.71. The predicted molar refractivity (Wildman–Crippen MR) is 64.4 cm³/mol. The molecule has 1 aliphatic carbocycles. The summed E-state index contributed by atoms with van der Waals surface area (Å²) in [6.07, 6.45) is 14.6. The minimum absolute atomic E-state index is 0.624. The number of rotatable bonds is 7. The Morgan fingerprint density at radius 1 is 1.14 bits per heavy atom. The van der Waals surface area contributed by atoms with Crippen molar-refractivity contribution in [3.8, 4) is 0 Å². The van der Waals surface area contributed by atoms with Crippen molar-refractivity contribution >= 4 is 0 Å². The summed E-state index contributed by atoms with van der Waals surface area (Å²) in [6.45, 7) is 7.00. The van der Waals surface area contributed by atoms with Gasteiger partial charge in [-0.2, -0.15) is 0 Å². The molecule has 0 saturated heterocycles. The average Bonchev–Trinajstić information content (AvgIpc) is 2.73. The summed E-state index contributed by atoms with van der Waals surface area (Å²) in [5.74, 6) is 0.887. The Bertz CT molecular complexity index is 176.